The van der Waals surface area contributed by atoms with E-state index in [9.17, 15) is 13.6 Å². The van der Waals surface area contributed by atoms with Crippen molar-refractivity contribution in [2.24, 2.45) is 5.10 Å². The van der Waals surface area contributed by atoms with Crippen molar-refractivity contribution in [2.45, 2.75) is 13.0 Å². The summed E-state index contributed by atoms with van der Waals surface area (Å²) in [5, 5.41) is 6.60. The van der Waals surface area contributed by atoms with E-state index >= 15 is 0 Å². The standard InChI is InChI=1S/C17H18F2N4O3S/c18-16(19)26-14-3-1-12(2-4-14)10-20-22-15(24)9-13-11-27-17(21-13)23-5-7-25-8-6-23/h1-4,10-11,16H,5-9H2,(H,22,24)/b20-10-. The summed E-state index contributed by atoms with van der Waals surface area (Å²) in [5.74, 6) is -0.228. The van der Waals surface area contributed by atoms with Crippen LogP contribution >= 0.6 is 11.3 Å². The number of anilines is 1. The zero-order chi connectivity index (χ0) is 19.1. The molecule has 27 heavy (non-hydrogen) atoms. The van der Waals surface area contributed by atoms with Crippen LogP contribution in [0.15, 0.2) is 34.7 Å². The van der Waals surface area contributed by atoms with E-state index in [1.807, 2.05) is 5.38 Å². The van der Waals surface area contributed by atoms with Crippen molar-refractivity contribution in [3.05, 3.63) is 40.9 Å². The second-order valence-corrected chi connectivity index (χ2v) is 6.47. The summed E-state index contributed by atoms with van der Waals surface area (Å²) in [5.41, 5.74) is 3.75. The number of hydrogen-bond acceptors (Lipinski definition) is 7. The molecule has 1 aromatic carbocycles. The van der Waals surface area contributed by atoms with Gasteiger partial charge in [0.1, 0.15) is 5.75 Å². The van der Waals surface area contributed by atoms with E-state index in [2.05, 4.69) is 25.1 Å². The van der Waals surface area contributed by atoms with Gasteiger partial charge in [-0.05, 0) is 29.8 Å². The maximum absolute atomic E-state index is 12.1. The van der Waals surface area contributed by atoms with Gasteiger partial charge in [-0.15, -0.1) is 11.3 Å². The molecule has 0 saturated carbocycles. The molecule has 2 heterocycles. The molecule has 0 spiro atoms. The number of carbonyl (C=O) groups is 1. The van der Waals surface area contributed by atoms with Gasteiger partial charge in [0.2, 0.25) is 5.91 Å². The Balaban J connectivity index is 1.46. The Bertz CT molecular complexity index is 777. The highest BCUT2D eigenvalue weighted by molar-refractivity contribution is 7.13. The third kappa shape index (κ3) is 5.97. The number of benzene rings is 1. The summed E-state index contributed by atoms with van der Waals surface area (Å²) in [6, 6.07) is 5.92. The van der Waals surface area contributed by atoms with Gasteiger partial charge in [0, 0.05) is 18.5 Å². The molecule has 1 amide bonds. The summed E-state index contributed by atoms with van der Waals surface area (Å²) < 4.78 is 33.8. The molecular formula is C17H18F2N4O3S. The van der Waals surface area contributed by atoms with Gasteiger partial charge < -0.3 is 14.4 Å². The minimum atomic E-state index is -2.86. The van der Waals surface area contributed by atoms with Crippen LogP contribution in [0.4, 0.5) is 13.9 Å². The van der Waals surface area contributed by atoms with E-state index in [0.717, 1.165) is 18.2 Å². The smallest absolute Gasteiger partial charge is 0.387 e. The average molecular weight is 396 g/mol. The number of carbonyl (C=O) groups excluding carboxylic acids is 1. The fraction of sp³-hybridized carbons (Fsp3) is 0.353. The first-order valence-electron chi connectivity index (χ1n) is 8.24. The Hall–Kier alpha value is -2.59. The first-order chi connectivity index (χ1) is 13.1. The minimum Gasteiger partial charge on any atom is -0.435 e. The minimum absolute atomic E-state index is 0.0609. The zero-order valence-corrected chi connectivity index (χ0v) is 15.1. The summed E-state index contributed by atoms with van der Waals surface area (Å²) in [4.78, 5) is 18.6. The Morgan fingerprint density at radius 1 is 1.37 bits per heavy atom. The highest BCUT2D eigenvalue weighted by Gasteiger charge is 2.15. The third-order valence-electron chi connectivity index (χ3n) is 3.67. The molecule has 1 aromatic heterocycles. The van der Waals surface area contributed by atoms with Crippen LogP contribution < -0.4 is 15.1 Å². The summed E-state index contributed by atoms with van der Waals surface area (Å²) in [7, 11) is 0. The molecule has 0 atom stereocenters. The number of morpholine rings is 1. The van der Waals surface area contributed by atoms with Crippen molar-refractivity contribution in [3.63, 3.8) is 0 Å². The van der Waals surface area contributed by atoms with Gasteiger partial charge in [-0.2, -0.15) is 13.9 Å². The quantitative estimate of drug-likeness (QED) is 0.574. The summed E-state index contributed by atoms with van der Waals surface area (Å²) >= 11 is 1.50. The van der Waals surface area contributed by atoms with Gasteiger partial charge in [-0.25, -0.2) is 10.4 Å². The zero-order valence-electron chi connectivity index (χ0n) is 14.3. The molecule has 1 saturated heterocycles. The normalized spacial score (nSPS) is 14.7. The number of thiazole rings is 1. The number of hydrazone groups is 1. The predicted molar refractivity (Wildman–Crippen MR) is 97.7 cm³/mol. The number of amides is 1. The van der Waals surface area contributed by atoms with Crippen LogP contribution in [-0.2, 0) is 16.0 Å². The fourth-order valence-electron chi connectivity index (χ4n) is 2.40. The second-order valence-electron chi connectivity index (χ2n) is 5.64. The molecule has 1 aliphatic rings. The maximum Gasteiger partial charge on any atom is 0.387 e. The van der Waals surface area contributed by atoms with Crippen LogP contribution in [0.2, 0.25) is 0 Å². The van der Waals surface area contributed by atoms with E-state index in [1.54, 1.807) is 12.1 Å². The largest absolute Gasteiger partial charge is 0.435 e. The fourth-order valence-corrected chi connectivity index (χ4v) is 3.27. The molecule has 10 heteroatoms. The third-order valence-corrected chi connectivity index (χ3v) is 4.62. The Morgan fingerprint density at radius 2 is 2.11 bits per heavy atom. The molecule has 2 aromatic rings. The van der Waals surface area contributed by atoms with E-state index < -0.39 is 6.61 Å². The number of nitrogens with zero attached hydrogens (tertiary/aromatic N) is 3. The van der Waals surface area contributed by atoms with Gasteiger partial charge >= 0.3 is 6.61 Å². The van der Waals surface area contributed by atoms with Crippen LogP contribution in [0.3, 0.4) is 0 Å². The lowest BCUT2D eigenvalue weighted by atomic mass is 10.2. The van der Waals surface area contributed by atoms with Gasteiger partial charge in [0.15, 0.2) is 5.13 Å². The number of aromatic nitrogens is 1. The SMILES string of the molecule is O=C(Cc1csc(N2CCOCC2)n1)N/N=C\c1ccc(OC(F)F)cc1. The van der Waals surface area contributed by atoms with E-state index in [0.29, 0.717) is 24.5 Å². The molecule has 3 rings (SSSR count). The lowest BCUT2D eigenvalue weighted by Gasteiger charge is -2.26. The van der Waals surface area contributed by atoms with E-state index in [-0.39, 0.29) is 18.1 Å². The number of ether oxygens (including phenoxy) is 2. The number of alkyl halides is 2. The molecule has 1 N–H and O–H groups in total. The number of rotatable bonds is 7. The lowest BCUT2D eigenvalue weighted by molar-refractivity contribution is -0.120. The van der Waals surface area contributed by atoms with Crippen molar-refractivity contribution in [2.75, 3.05) is 31.2 Å². The first-order valence-corrected chi connectivity index (χ1v) is 9.12. The first kappa shape index (κ1) is 19.2. The van der Waals surface area contributed by atoms with Crippen LogP contribution in [0, 0.1) is 0 Å². The van der Waals surface area contributed by atoms with Crippen LogP contribution in [0.25, 0.3) is 0 Å². The van der Waals surface area contributed by atoms with Gasteiger partial charge in [0.05, 0.1) is 31.5 Å². The molecule has 144 valence electrons. The Kier molecular flexibility index (Phi) is 6.66. The Labute approximate surface area is 158 Å². The van der Waals surface area contributed by atoms with Gasteiger partial charge in [-0.3, -0.25) is 4.79 Å². The Morgan fingerprint density at radius 3 is 2.81 bits per heavy atom. The molecule has 7 nitrogen and oxygen atoms in total. The molecule has 0 unspecified atom stereocenters. The van der Waals surface area contributed by atoms with Crippen LogP contribution in [0.1, 0.15) is 11.3 Å². The number of halogens is 2. The van der Waals surface area contributed by atoms with Crippen molar-refractivity contribution in [1.82, 2.24) is 10.4 Å². The van der Waals surface area contributed by atoms with E-state index in [4.69, 9.17) is 4.74 Å². The molecule has 1 fully saturated rings. The van der Waals surface area contributed by atoms with Crippen molar-refractivity contribution < 1.29 is 23.0 Å². The predicted octanol–water partition coefficient (Wildman–Crippen LogP) is 2.27. The summed E-state index contributed by atoms with van der Waals surface area (Å²) in [6.45, 7) is 0.0896. The van der Waals surface area contributed by atoms with Crippen molar-refractivity contribution >= 4 is 28.6 Å². The second kappa shape index (κ2) is 9.38. The monoisotopic (exact) mass is 396 g/mol. The lowest BCUT2D eigenvalue weighted by Crippen LogP contribution is -2.36. The van der Waals surface area contributed by atoms with Crippen LogP contribution in [0.5, 0.6) is 5.75 Å². The van der Waals surface area contributed by atoms with Crippen LogP contribution in [-0.4, -0.2) is 50.0 Å². The molecule has 0 bridgehead atoms. The highest BCUT2D eigenvalue weighted by Crippen LogP contribution is 2.21. The maximum atomic E-state index is 12.1. The number of hydrogen-bond donors (Lipinski definition) is 1. The summed E-state index contributed by atoms with van der Waals surface area (Å²) in [6.07, 6.45) is 1.55. The molecule has 0 aliphatic carbocycles. The van der Waals surface area contributed by atoms with Crippen molar-refractivity contribution in [3.8, 4) is 5.75 Å². The topological polar surface area (TPSA) is 76.1 Å². The average Bonchev–Trinajstić information content (AvgIpc) is 3.12. The number of nitrogens with one attached hydrogen (secondary N) is 1. The highest BCUT2D eigenvalue weighted by atomic mass is 32.1. The molecular weight excluding hydrogens is 378 g/mol. The van der Waals surface area contributed by atoms with Crippen molar-refractivity contribution in [1.29, 1.82) is 0 Å². The molecule has 0 radical (unpaired) electrons. The van der Waals surface area contributed by atoms with Gasteiger partial charge in [-0.1, -0.05) is 0 Å². The van der Waals surface area contributed by atoms with E-state index in [1.165, 1.54) is 29.7 Å². The van der Waals surface area contributed by atoms with Gasteiger partial charge in [0.25, 0.3) is 0 Å². The molecule has 1 aliphatic heterocycles.